The predicted octanol–water partition coefficient (Wildman–Crippen LogP) is 1.45. The molecule has 0 aromatic heterocycles. The zero-order valence-electron chi connectivity index (χ0n) is 11.9. The van der Waals surface area contributed by atoms with E-state index >= 15 is 0 Å². The molecule has 0 aromatic rings. The van der Waals surface area contributed by atoms with Crippen LogP contribution < -0.4 is 5.32 Å². The maximum absolute atomic E-state index is 12.1. The molecule has 1 fully saturated rings. The zero-order valence-corrected chi connectivity index (χ0v) is 11.9. The van der Waals surface area contributed by atoms with E-state index in [1.807, 2.05) is 13.8 Å². The molecule has 0 bridgehead atoms. The number of carboxylic acids is 1. The molecule has 1 aliphatic rings. The van der Waals surface area contributed by atoms with Gasteiger partial charge in [-0.05, 0) is 33.6 Å². The second kappa shape index (κ2) is 6.75. The maximum atomic E-state index is 12.1. The van der Waals surface area contributed by atoms with E-state index in [-0.39, 0.29) is 24.1 Å². The van der Waals surface area contributed by atoms with E-state index in [2.05, 4.69) is 5.32 Å². The SMILES string of the molecule is CCN(C(=O)NCC1(C)CCCO1)C(C)CC(=O)O. The molecular formula is C13H24N2O4. The largest absolute Gasteiger partial charge is 0.481 e. The second-order valence-corrected chi connectivity index (χ2v) is 5.29. The maximum Gasteiger partial charge on any atom is 0.317 e. The van der Waals surface area contributed by atoms with Crippen molar-refractivity contribution in [3.05, 3.63) is 0 Å². The minimum Gasteiger partial charge on any atom is -0.481 e. The number of rotatable bonds is 6. The van der Waals surface area contributed by atoms with Crippen LogP contribution >= 0.6 is 0 Å². The van der Waals surface area contributed by atoms with Crippen molar-refractivity contribution in [1.29, 1.82) is 0 Å². The van der Waals surface area contributed by atoms with Gasteiger partial charge in [-0.1, -0.05) is 0 Å². The van der Waals surface area contributed by atoms with Gasteiger partial charge in [-0.15, -0.1) is 0 Å². The highest BCUT2D eigenvalue weighted by molar-refractivity contribution is 5.76. The van der Waals surface area contributed by atoms with Crippen LogP contribution in [0.3, 0.4) is 0 Å². The Balaban J connectivity index is 2.47. The first-order valence-corrected chi connectivity index (χ1v) is 6.78. The number of carboxylic acid groups (broad SMARTS) is 1. The Kier molecular flexibility index (Phi) is 5.60. The number of amides is 2. The van der Waals surface area contributed by atoms with E-state index < -0.39 is 5.97 Å². The van der Waals surface area contributed by atoms with Crippen molar-refractivity contribution < 1.29 is 19.4 Å². The summed E-state index contributed by atoms with van der Waals surface area (Å²) in [6, 6.07) is -0.548. The lowest BCUT2D eigenvalue weighted by Crippen LogP contribution is -2.49. The van der Waals surface area contributed by atoms with E-state index in [1.165, 1.54) is 4.90 Å². The van der Waals surface area contributed by atoms with E-state index in [1.54, 1.807) is 6.92 Å². The molecule has 0 aromatic carbocycles. The smallest absolute Gasteiger partial charge is 0.317 e. The monoisotopic (exact) mass is 272 g/mol. The first-order valence-electron chi connectivity index (χ1n) is 6.78. The number of hydrogen-bond acceptors (Lipinski definition) is 3. The van der Waals surface area contributed by atoms with Gasteiger partial charge >= 0.3 is 12.0 Å². The topological polar surface area (TPSA) is 78.9 Å². The zero-order chi connectivity index (χ0) is 14.5. The molecule has 0 radical (unpaired) electrons. The third-order valence-corrected chi connectivity index (χ3v) is 3.52. The average Bonchev–Trinajstić information content (AvgIpc) is 2.74. The van der Waals surface area contributed by atoms with E-state index in [4.69, 9.17) is 9.84 Å². The molecule has 0 spiro atoms. The van der Waals surface area contributed by atoms with Crippen LogP contribution in [0.1, 0.15) is 40.0 Å². The van der Waals surface area contributed by atoms with E-state index in [0.29, 0.717) is 13.1 Å². The number of ether oxygens (including phenoxy) is 1. The lowest BCUT2D eigenvalue weighted by molar-refractivity contribution is -0.138. The van der Waals surface area contributed by atoms with E-state index in [0.717, 1.165) is 19.4 Å². The number of urea groups is 1. The van der Waals surface area contributed by atoms with Gasteiger partial charge in [-0.2, -0.15) is 0 Å². The number of hydrogen-bond donors (Lipinski definition) is 2. The molecule has 6 nitrogen and oxygen atoms in total. The van der Waals surface area contributed by atoms with Crippen molar-refractivity contribution in [3.63, 3.8) is 0 Å². The summed E-state index contributed by atoms with van der Waals surface area (Å²) in [7, 11) is 0. The van der Waals surface area contributed by atoms with Crippen molar-refractivity contribution in [2.75, 3.05) is 19.7 Å². The molecule has 2 N–H and O–H groups in total. The molecule has 0 saturated carbocycles. The van der Waals surface area contributed by atoms with Crippen molar-refractivity contribution in [3.8, 4) is 0 Å². The quantitative estimate of drug-likeness (QED) is 0.767. The number of carbonyl (C=O) groups is 2. The second-order valence-electron chi connectivity index (χ2n) is 5.29. The minimum absolute atomic E-state index is 0.0466. The third kappa shape index (κ3) is 4.70. The van der Waals surface area contributed by atoms with Gasteiger partial charge in [0.05, 0.1) is 12.0 Å². The Morgan fingerprint density at radius 3 is 2.68 bits per heavy atom. The minimum atomic E-state index is -0.898. The fourth-order valence-electron chi connectivity index (χ4n) is 2.36. The Labute approximate surface area is 114 Å². The summed E-state index contributed by atoms with van der Waals surface area (Å²) in [6.07, 6.45) is 1.90. The van der Waals surface area contributed by atoms with Crippen molar-refractivity contribution in [1.82, 2.24) is 10.2 Å². The standard InChI is InChI=1S/C13H24N2O4/c1-4-15(10(2)8-11(16)17)12(18)14-9-13(3)6-5-7-19-13/h10H,4-9H2,1-3H3,(H,14,18)(H,16,17). The first-order chi connectivity index (χ1) is 8.88. The molecule has 0 aliphatic carbocycles. The summed E-state index contributed by atoms with van der Waals surface area (Å²) >= 11 is 0. The molecule has 1 saturated heterocycles. The van der Waals surface area contributed by atoms with E-state index in [9.17, 15) is 9.59 Å². The van der Waals surface area contributed by atoms with Crippen LogP contribution in [0.15, 0.2) is 0 Å². The van der Waals surface area contributed by atoms with Crippen LogP contribution in [-0.2, 0) is 9.53 Å². The molecule has 19 heavy (non-hydrogen) atoms. The summed E-state index contributed by atoms with van der Waals surface area (Å²) in [5.41, 5.74) is -0.287. The van der Waals surface area contributed by atoms with Crippen LogP contribution in [0.4, 0.5) is 4.79 Å². The van der Waals surface area contributed by atoms with Gasteiger partial charge in [-0.3, -0.25) is 4.79 Å². The van der Waals surface area contributed by atoms with Gasteiger partial charge in [0.2, 0.25) is 0 Å². The molecule has 1 aliphatic heterocycles. The van der Waals surface area contributed by atoms with Gasteiger partial charge in [0, 0.05) is 25.7 Å². The Hall–Kier alpha value is -1.30. The summed E-state index contributed by atoms with van der Waals surface area (Å²) < 4.78 is 5.60. The molecular weight excluding hydrogens is 248 g/mol. The van der Waals surface area contributed by atoms with Gasteiger partial charge in [-0.25, -0.2) is 4.79 Å². The van der Waals surface area contributed by atoms with Crippen LogP contribution in [-0.4, -0.2) is 53.3 Å². The lowest BCUT2D eigenvalue weighted by Gasteiger charge is -2.30. The highest BCUT2D eigenvalue weighted by Crippen LogP contribution is 2.23. The third-order valence-electron chi connectivity index (χ3n) is 3.52. The van der Waals surface area contributed by atoms with Crippen molar-refractivity contribution >= 4 is 12.0 Å². The highest BCUT2D eigenvalue weighted by atomic mass is 16.5. The van der Waals surface area contributed by atoms with Gasteiger partial charge < -0.3 is 20.1 Å². The van der Waals surface area contributed by atoms with Gasteiger partial charge in [0.15, 0.2) is 0 Å². The molecule has 6 heteroatoms. The number of nitrogens with zero attached hydrogens (tertiary/aromatic N) is 1. The Morgan fingerprint density at radius 2 is 2.21 bits per heavy atom. The van der Waals surface area contributed by atoms with Crippen molar-refractivity contribution in [2.24, 2.45) is 0 Å². The van der Waals surface area contributed by atoms with Crippen molar-refractivity contribution in [2.45, 2.75) is 51.7 Å². The Bertz CT molecular complexity index is 327. The lowest BCUT2D eigenvalue weighted by atomic mass is 10.0. The highest BCUT2D eigenvalue weighted by Gasteiger charge is 2.31. The summed E-state index contributed by atoms with van der Waals surface area (Å²) in [5.74, 6) is -0.898. The van der Waals surface area contributed by atoms with Crippen LogP contribution in [0.25, 0.3) is 0 Å². The summed E-state index contributed by atoms with van der Waals surface area (Å²) in [5, 5.41) is 11.6. The van der Waals surface area contributed by atoms with Gasteiger partial charge in [0.1, 0.15) is 0 Å². The number of aliphatic carboxylic acids is 1. The first kappa shape index (κ1) is 15.8. The fraction of sp³-hybridized carbons (Fsp3) is 0.846. The van der Waals surface area contributed by atoms with Gasteiger partial charge in [0.25, 0.3) is 0 Å². The number of nitrogens with one attached hydrogen (secondary N) is 1. The van der Waals surface area contributed by atoms with Crippen LogP contribution in [0, 0.1) is 0 Å². The Morgan fingerprint density at radius 1 is 1.53 bits per heavy atom. The molecule has 1 rings (SSSR count). The summed E-state index contributed by atoms with van der Waals surface area (Å²) in [6.45, 7) is 7.24. The molecule has 2 amide bonds. The molecule has 2 atom stereocenters. The average molecular weight is 272 g/mol. The van der Waals surface area contributed by atoms with Crippen LogP contribution in [0.5, 0.6) is 0 Å². The molecule has 2 unspecified atom stereocenters. The normalized spacial score (nSPS) is 23.9. The van der Waals surface area contributed by atoms with Crippen LogP contribution in [0.2, 0.25) is 0 Å². The summed E-state index contributed by atoms with van der Waals surface area (Å²) in [4.78, 5) is 24.3. The molecule has 110 valence electrons. The fourth-order valence-corrected chi connectivity index (χ4v) is 2.36. The number of carbonyl (C=O) groups excluding carboxylic acids is 1. The predicted molar refractivity (Wildman–Crippen MR) is 71.1 cm³/mol. The molecule has 1 heterocycles.